The molecule has 0 atom stereocenters. The number of thiocarbonyl (C=S) groups is 1. The minimum Gasteiger partial charge on any atom is -0.462 e. The average Bonchev–Trinajstić information content (AvgIpc) is 2.28. The van der Waals surface area contributed by atoms with Gasteiger partial charge in [-0.05, 0) is 25.2 Å². The van der Waals surface area contributed by atoms with Crippen molar-refractivity contribution in [1.29, 1.82) is 0 Å². The summed E-state index contributed by atoms with van der Waals surface area (Å²) in [7, 11) is 0. The zero-order chi connectivity index (χ0) is 13.5. The molecule has 18 heavy (non-hydrogen) atoms. The number of carbonyl (C=O) groups excluding carboxylic acids is 1. The predicted octanol–water partition coefficient (Wildman–Crippen LogP) is 1.68. The topological polar surface area (TPSA) is 76.7 Å². The monoisotopic (exact) mass is 285 g/mol. The van der Waals surface area contributed by atoms with Crippen LogP contribution in [0.4, 0.5) is 0 Å². The molecule has 0 unspecified atom stereocenters. The summed E-state index contributed by atoms with van der Waals surface area (Å²) >= 11 is 10.6. The quantitative estimate of drug-likeness (QED) is 0.381. The molecule has 0 aliphatic heterocycles. The first-order chi connectivity index (χ1) is 8.56. The van der Waals surface area contributed by atoms with Gasteiger partial charge in [-0.25, -0.2) is 4.79 Å². The van der Waals surface area contributed by atoms with Gasteiger partial charge < -0.3 is 10.5 Å². The van der Waals surface area contributed by atoms with Gasteiger partial charge in [0.25, 0.3) is 0 Å². The molecule has 96 valence electrons. The Kier molecular flexibility index (Phi) is 5.54. The van der Waals surface area contributed by atoms with Gasteiger partial charge in [0.05, 0.1) is 23.4 Å². The van der Waals surface area contributed by atoms with Crippen molar-refractivity contribution in [3.63, 3.8) is 0 Å². The van der Waals surface area contributed by atoms with E-state index in [0.29, 0.717) is 10.6 Å². The number of hydrogen-bond acceptors (Lipinski definition) is 4. The fourth-order valence-electron chi connectivity index (χ4n) is 1.23. The van der Waals surface area contributed by atoms with Crippen LogP contribution in [-0.4, -0.2) is 23.9 Å². The number of nitrogens with one attached hydrogen (secondary N) is 1. The van der Waals surface area contributed by atoms with Crippen LogP contribution in [0.2, 0.25) is 5.02 Å². The average molecular weight is 286 g/mol. The van der Waals surface area contributed by atoms with Crippen LogP contribution in [-0.2, 0) is 4.74 Å². The number of rotatable bonds is 4. The van der Waals surface area contributed by atoms with Gasteiger partial charge in [0, 0.05) is 5.56 Å². The highest BCUT2D eigenvalue weighted by Gasteiger charge is 2.15. The highest BCUT2D eigenvalue weighted by molar-refractivity contribution is 7.80. The van der Waals surface area contributed by atoms with Crippen molar-refractivity contribution < 1.29 is 9.53 Å². The summed E-state index contributed by atoms with van der Waals surface area (Å²) in [5.74, 6) is -0.500. The molecule has 0 saturated carbocycles. The molecular formula is C11H12ClN3O2S. The van der Waals surface area contributed by atoms with Gasteiger partial charge in [-0.2, -0.15) is 5.10 Å². The summed E-state index contributed by atoms with van der Waals surface area (Å²) in [5.41, 5.74) is 8.39. The molecule has 0 heterocycles. The second-order valence-corrected chi connectivity index (χ2v) is 4.01. The molecule has 0 amide bonds. The minimum atomic E-state index is -0.500. The number of carbonyl (C=O) groups is 1. The number of nitrogens with zero attached hydrogens (tertiary/aromatic N) is 1. The number of esters is 1. The lowest BCUT2D eigenvalue weighted by molar-refractivity contribution is 0.0526. The maximum absolute atomic E-state index is 11.7. The Balaban J connectivity index is 3.04. The van der Waals surface area contributed by atoms with E-state index in [-0.39, 0.29) is 17.3 Å². The number of ether oxygens (including phenoxy) is 1. The molecule has 0 fully saturated rings. The second-order valence-electron chi connectivity index (χ2n) is 3.16. The Bertz CT molecular complexity index is 491. The Morgan fingerprint density at radius 1 is 1.67 bits per heavy atom. The first-order valence-electron chi connectivity index (χ1n) is 5.10. The van der Waals surface area contributed by atoms with E-state index in [0.717, 1.165) is 0 Å². The van der Waals surface area contributed by atoms with Crippen molar-refractivity contribution in [2.24, 2.45) is 10.8 Å². The molecule has 0 aromatic heterocycles. The van der Waals surface area contributed by atoms with Crippen LogP contribution in [0.1, 0.15) is 22.8 Å². The van der Waals surface area contributed by atoms with Crippen LogP contribution in [0.5, 0.6) is 0 Å². The molecule has 5 nitrogen and oxygen atoms in total. The summed E-state index contributed by atoms with van der Waals surface area (Å²) in [4.78, 5) is 11.7. The highest BCUT2D eigenvalue weighted by Crippen LogP contribution is 2.20. The number of halogens is 1. The van der Waals surface area contributed by atoms with Crippen molar-refractivity contribution in [1.82, 2.24) is 5.43 Å². The Labute approximate surface area is 115 Å². The van der Waals surface area contributed by atoms with Gasteiger partial charge in [-0.3, -0.25) is 5.43 Å². The number of hydrazone groups is 1. The lowest BCUT2D eigenvalue weighted by Crippen LogP contribution is -2.24. The molecule has 0 radical (unpaired) electrons. The van der Waals surface area contributed by atoms with E-state index < -0.39 is 5.97 Å². The molecule has 1 rings (SSSR count). The maximum Gasteiger partial charge on any atom is 0.340 e. The van der Waals surface area contributed by atoms with Crippen LogP contribution in [0.3, 0.4) is 0 Å². The maximum atomic E-state index is 11.7. The van der Waals surface area contributed by atoms with E-state index in [1.165, 1.54) is 6.21 Å². The third-order valence-electron chi connectivity index (χ3n) is 1.90. The Hall–Kier alpha value is -1.66. The third kappa shape index (κ3) is 3.97. The van der Waals surface area contributed by atoms with Crippen molar-refractivity contribution in [3.05, 3.63) is 34.3 Å². The first kappa shape index (κ1) is 14.4. The van der Waals surface area contributed by atoms with Crippen LogP contribution in [0.25, 0.3) is 0 Å². The second kappa shape index (κ2) is 6.93. The summed E-state index contributed by atoms with van der Waals surface area (Å²) in [6.45, 7) is 1.99. The Morgan fingerprint density at radius 2 is 2.39 bits per heavy atom. The molecule has 3 N–H and O–H groups in total. The van der Waals surface area contributed by atoms with Gasteiger partial charge in [-0.15, -0.1) is 0 Å². The summed E-state index contributed by atoms with van der Waals surface area (Å²) in [5, 5.41) is 4.11. The minimum absolute atomic E-state index is 0.0333. The SMILES string of the molecule is CCOC(=O)c1c(Cl)cccc1C=NNC(N)=S. The van der Waals surface area contributed by atoms with Crippen LogP contribution in [0.15, 0.2) is 23.3 Å². The molecule has 0 bridgehead atoms. The van der Waals surface area contributed by atoms with E-state index in [1.54, 1.807) is 25.1 Å². The van der Waals surface area contributed by atoms with Gasteiger partial charge in [0.2, 0.25) is 0 Å². The lowest BCUT2D eigenvalue weighted by Gasteiger charge is -2.07. The molecule has 1 aromatic carbocycles. The molecule has 0 saturated heterocycles. The summed E-state index contributed by atoms with van der Waals surface area (Å²) in [6, 6.07) is 4.99. The molecule has 7 heteroatoms. The Morgan fingerprint density at radius 3 is 3.00 bits per heavy atom. The predicted molar refractivity (Wildman–Crippen MR) is 74.9 cm³/mol. The van der Waals surface area contributed by atoms with Crippen molar-refractivity contribution in [2.75, 3.05) is 6.61 Å². The fourth-order valence-corrected chi connectivity index (χ4v) is 1.54. The summed E-state index contributed by atoms with van der Waals surface area (Å²) < 4.78 is 4.92. The van der Waals surface area contributed by atoms with Crippen LogP contribution in [0, 0.1) is 0 Å². The van der Waals surface area contributed by atoms with E-state index in [4.69, 9.17) is 22.1 Å². The normalized spacial score (nSPS) is 10.3. The van der Waals surface area contributed by atoms with Gasteiger partial charge in [0.15, 0.2) is 5.11 Å². The van der Waals surface area contributed by atoms with Crippen LogP contribution < -0.4 is 11.2 Å². The lowest BCUT2D eigenvalue weighted by atomic mass is 10.1. The number of nitrogens with two attached hydrogens (primary N) is 1. The van der Waals surface area contributed by atoms with Crippen molar-refractivity contribution in [3.8, 4) is 0 Å². The first-order valence-corrected chi connectivity index (χ1v) is 5.89. The van der Waals surface area contributed by atoms with Crippen molar-refractivity contribution in [2.45, 2.75) is 6.92 Å². The molecule has 0 spiro atoms. The largest absolute Gasteiger partial charge is 0.462 e. The van der Waals surface area contributed by atoms with E-state index in [9.17, 15) is 4.79 Å². The molecule has 0 aliphatic carbocycles. The van der Waals surface area contributed by atoms with Crippen LogP contribution >= 0.6 is 23.8 Å². The van der Waals surface area contributed by atoms with Gasteiger partial charge in [0.1, 0.15) is 0 Å². The van der Waals surface area contributed by atoms with Crippen molar-refractivity contribution >= 4 is 41.1 Å². The van der Waals surface area contributed by atoms with E-state index in [1.807, 2.05) is 0 Å². The fraction of sp³-hybridized carbons (Fsp3) is 0.182. The number of hydrogen-bond donors (Lipinski definition) is 2. The van der Waals surface area contributed by atoms with Gasteiger partial charge >= 0.3 is 5.97 Å². The molecule has 0 aliphatic rings. The molecule has 1 aromatic rings. The third-order valence-corrected chi connectivity index (χ3v) is 2.31. The molecular weight excluding hydrogens is 274 g/mol. The smallest absolute Gasteiger partial charge is 0.340 e. The van der Waals surface area contributed by atoms with Gasteiger partial charge in [-0.1, -0.05) is 23.7 Å². The van der Waals surface area contributed by atoms with E-state index >= 15 is 0 Å². The zero-order valence-corrected chi connectivity index (χ0v) is 11.2. The van der Waals surface area contributed by atoms with E-state index in [2.05, 4.69) is 22.7 Å². The standard InChI is InChI=1S/C11H12ClN3O2S/c1-2-17-10(16)9-7(4-3-5-8(9)12)6-14-15-11(13)18/h3-6H,2H2,1H3,(H3,13,15,18). The summed E-state index contributed by atoms with van der Waals surface area (Å²) in [6.07, 6.45) is 1.40. The highest BCUT2D eigenvalue weighted by atomic mass is 35.5. The zero-order valence-electron chi connectivity index (χ0n) is 9.64. The number of benzene rings is 1.